The SMILES string of the molecule is Oc1ccc(C=Cc2c(CCc3ccc(CNCC4(C5=NCN=C5)CCCCC4)cc3)c(O)c(O)c3c(O)cccc23)cc1O. The van der Waals surface area contributed by atoms with Crippen molar-refractivity contribution in [2.45, 2.75) is 51.5 Å². The van der Waals surface area contributed by atoms with Crippen molar-refractivity contribution in [2.24, 2.45) is 15.4 Å². The summed E-state index contributed by atoms with van der Waals surface area (Å²) in [6, 6.07) is 17.9. The van der Waals surface area contributed by atoms with Crippen LogP contribution in [-0.4, -0.2) is 50.7 Å². The number of phenols is 5. The molecule has 1 fully saturated rings. The van der Waals surface area contributed by atoms with Crippen molar-refractivity contribution in [1.82, 2.24) is 5.32 Å². The monoisotopic (exact) mass is 605 g/mol. The van der Waals surface area contributed by atoms with Crippen LogP contribution in [0.1, 0.15) is 59.9 Å². The Morgan fingerprint density at radius 1 is 0.756 bits per heavy atom. The molecule has 4 aromatic rings. The first-order chi connectivity index (χ1) is 21.8. The van der Waals surface area contributed by atoms with E-state index in [2.05, 4.69) is 39.6 Å². The van der Waals surface area contributed by atoms with Crippen molar-refractivity contribution >= 4 is 34.9 Å². The highest BCUT2D eigenvalue weighted by molar-refractivity contribution is 6.34. The highest BCUT2D eigenvalue weighted by atomic mass is 16.3. The molecule has 0 amide bonds. The molecule has 2 aliphatic rings. The second-order valence-electron chi connectivity index (χ2n) is 12.1. The molecule has 232 valence electrons. The molecule has 1 aliphatic carbocycles. The molecule has 0 aromatic heterocycles. The number of nitrogens with one attached hydrogen (secondary N) is 1. The standard InChI is InChI=1S/C37H39N3O5/c41-30-16-13-25(19-32(30)43)12-14-27-28-5-4-6-31(42)34(28)36(45)35(44)29(27)15-11-24-7-9-26(10-8-24)20-38-22-37(17-2-1-3-18-37)33-21-39-23-40-33/h4-10,12-14,16,19,21,38,41-45H,1-3,11,15,17-18,20,22-23H2. The first kappa shape index (κ1) is 30.2. The van der Waals surface area contributed by atoms with Crippen LogP contribution in [0, 0.1) is 5.41 Å². The first-order valence-corrected chi connectivity index (χ1v) is 15.6. The molecule has 0 unspecified atom stereocenters. The Bertz CT molecular complexity index is 1790. The van der Waals surface area contributed by atoms with Gasteiger partial charge in [-0.3, -0.25) is 9.98 Å². The van der Waals surface area contributed by atoms with Crippen LogP contribution in [0.5, 0.6) is 28.7 Å². The molecule has 8 nitrogen and oxygen atoms in total. The second-order valence-corrected chi connectivity index (χ2v) is 12.1. The van der Waals surface area contributed by atoms with Crippen molar-refractivity contribution in [3.05, 3.63) is 88.5 Å². The quantitative estimate of drug-likeness (QED) is 0.0864. The van der Waals surface area contributed by atoms with Gasteiger partial charge in [0.1, 0.15) is 12.4 Å². The zero-order valence-corrected chi connectivity index (χ0v) is 25.2. The van der Waals surface area contributed by atoms with Gasteiger partial charge in [0, 0.05) is 30.3 Å². The number of phenolic OH excluding ortho intramolecular Hbond substituents is 5. The number of rotatable bonds is 10. The third-order valence-corrected chi connectivity index (χ3v) is 9.22. The summed E-state index contributed by atoms with van der Waals surface area (Å²) in [5.74, 6) is -1.21. The van der Waals surface area contributed by atoms with Crippen LogP contribution in [0.2, 0.25) is 0 Å². The molecular weight excluding hydrogens is 566 g/mol. The molecule has 0 radical (unpaired) electrons. The molecule has 0 spiro atoms. The van der Waals surface area contributed by atoms with E-state index in [0.717, 1.165) is 37.2 Å². The second kappa shape index (κ2) is 13.0. The number of aromatic hydroxyl groups is 5. The van der Waals surface area contributed by atoms with Crippen LogP contribution < -0.4 is 5.32 Å². The van der Waals surface area contributed by atoms with E-state index in [1.54, 1.807) is 30.4 Å². The van der Waals surface area contributed by atoms with Crippen LogP contribution in [0.4, 0.5) is 0 Å². The van der Waals surface area contributed by atoms with Gasteiger partial charge in [-0.15, -0.1) is 0 Å². The van der Waals surface area contributed by atoms with E-state index >= 15 is 0 Å². The fraction of sp³-hybridized carbons (Fsp3) is 0.297. The summed E-state index contributed by atoms with van der Waals surface area (Å²) in [6.07, 6.45) is 12.6. The van der Waals surface area contributed by atoms with Crippen molar-refractivity contribution in [1.29, 1.82) is 0 Å². The molecule has 6 N–H and O–H groups in total. The third-order valence-electron chi connectivity index (χ3n) is 9.22. The number of aryl methyl sites for hydroxylation is 1. The minimum absolute atomic E-state index is 0.0806. The lowest BCUT2D eigenvalue weighted by molar-refractivity contribution is 0.274. The minimum Gasteiger partial charge on any atom is -0.507 e. The Labute approximate surface area is 262 Å². The van der Waals surface area contributed by atoms with Crippen LogP contribution in [0.3, 0.4) is 0 Å². The number of hydrogen-bond donors (Lipinski definition) is 6. The fourth-order valence-corrected chi connectivity index (χ4v) is 6.71. The number of hydrogen-bond acceptors (Lipinski definition) is 8. The van der Waals surface area contributed by atoms with E-state index in [9.17, 15) is 25.5 Å². The van der Waals surface area contributed by atoms with Crippen LogP contribution in [0.15, 0.2) is 70.6 Å². The number of fused-ring (bicyclic) bond motifs is 1. The zero-order chi connectivity index (χ0) is 31.4. The average molecular weight is 606 g/mol. The van der Waals surface area contributed by atoms with Crippen LogP contribution >= 0.6 is 0 Å². The highest BCUT2D eigenvalue weighted by Gasteiger charge is 2.36. The maximum Gasteiger partial charge on any atom is 0.169 e. The summed E-state index contributed by atoms with van der Waals surface area (Å²) in [6.45, 7) is 2.20. The maximum atomic E-state index is 11.1. The van der Waals surface area contributed by atoms with Crippen LogP contribution in [-0.2, 0) is 19.4 Å². The van der Waals surface area contributed by atoms with Crippen molar-refractivity contribution in [2.75, 3.05) is 13.2 Å². The van der Waals surface area contributed by atoms with Gasteiger partial charge in [-0.2, -0.15) is 0 Å². The minimum atomic E-state index is -0.357. The average Bonchev–Trinajstić information content (AvgIpc) is 3.60. The Balaban J connectivity index is 1.18. The largest absolute Gasteiger partial charge is 0.507 e. The van der Waals surface area contributed by atoms with Gasteiger partial charge >= 0.3 is 0 Å². The molecule has 4 aromatic carbocycles. The molecule has 0 atom stereocenters. The van der Waals surface area contributed by atoms with E-state index < -0.39 is 0 Å². The van der Waals surface area contributed by atoms with Gasteiger partial charge in [0.05, 0.1) is 11.1 Å². The predicted octanol–water partition coefficient (Wildman–Crippen LogP) is 6.85. The number of aliphatic imine (C=N–C) groups is 2. The molecule has 6 rings (SSSR count). The van der Waals surface area contributed by atoms with Gasteiger partial charge in [0.15, 0.2) is 23.0 Å². The number of benzene rings is 4. The fourth-order valence-electron chi connectivity index (χ4n) is 6.71. The zero-order valence-electron chi connectivity index (χ0n) is 25.2. The molecule has 0 saturated heterocycles. The number of nitrogens with zero attached hydrogens (tertiary/aromatic N) is 2. The van der Waals surface area contributed by atoms with Gasteiger partial charge < -0.3 is 30.8 Å². The Morgan fingerprint density at radius 3 is 2.27 bits per heavy atom. The topological polar surface area (TPSA) is 138 Å². The summed E-state index contributed by atoms with van der Waals surface area (Å²) in [7, 11) is 0. The van der Waals surface area contributed by atoms with Crippen molar-refractivity contribution in [3.63, 3.8) is 0 Å². The molecule has 45 heavy (non-hydrogen) atoms. The molecule has 1 saturated carbocycles. The normalized spacial score (nSPS) is 16.0. The van der Waals surface area contributed by atoms with Gasteiger partial charge in [0.2, 0.25) is 0 Å². The molecular formula is C37H39N3O5. The Morgan fingerprint density at radius 2 is 1.53 bits per heavy atom. The van der Waals surface area contributed by atoms with E-state index in [-0.39, 0.29) is 39.5 Å². The van der Waals surface area contributed by atoms with Gasteiger partial charge in [0.25, 0.3) is 0 Å². The Kier molecular flexibility index (Phi) is 8.76. The lowest BCUT2D eigenvalue weighted by Gasteiger charge is -2.37. The summed E-state index contributed by atoms with van der Waals surface area (Å²) in [5, 5.41) is 56.6. The predicted molar refractivity (Wildman–Crippen MR) is 180 cm³/mol. The smallest absolute Gasteiger partial charge is 0.169 e. The highest BCUT2D eigenvalue weighted by Crippen LogP contribution is 2.45. The van der Waals surface area contributed by atoms with Gasteiger partial charge in [-0.05, 0) is 71.5 Å². The molecule has 1 heterocycles. The van der Waals surface area contributed by atoms with Crippen molar-refractivity contribution < 1.29 is 25.5 Å². The summed E-state index contributed by atoms with van der Waals surface area (Å²) >= 11 is 0. The summed E-state index contributed by atoms with van der Waals surface area (Å²) in [5.41, 5.74) is 5.35. The van der Waals surface area contributed by atoms with Crippen LogP contribution in [0.25, 0.3) is 22.9 Å². The van der Waals surface area contributed by atoms with Gasteiger partial charge in [-0.1, -0.05) is 73.9 Å². The van der Waals surface area contributed by atoms with E-state index in [4.69, 9.17) is 0 Å². The lowest BCUT2D eigenvalue weighted by Crippen LogP contribution is -2.42. The van der Waals surface area contributed by atoms with E-state index in [0.29, 0.717) is 41.6 Å². The lowest BCUT2D eigenvalue weighted by atomic mass is 9.70. The van der Waals surface area contributed by atoms with Gasteiger partial charge in [-0.25, -0.2) is 0 Å². The molecule has 0 bridgehead atoms. The van der Waals surface area contributed by atoms with E-state index in [1.165, 1.54) is 43.0 Å². The molecule has 1 aliphatic heterocycles. The van der Waals surface area contributed by atoms with E-state index in [1.807, 2.05) is 6.21 Å². The van der Waals surface area contributed by atoms with Crippen molar-refractivity contribution in [3.8, 4) is 28.7 Å². The maximum absolute atomic E-state index is 11.1. The summed E-state index contributed by atoms with van der Waals surface area (Å²) in [4.78, 5) is 9.02. The summed E-state index contributed by atoms with van der Waals surface area (Å²) < 4.78 is 0. The Hall–Kier alpha value is -4.82. The third kappa shape index (κ3) is 6.37. The molecule has 8 heteroatoms. The first-order valence-electron chi connectivity index (χ1n) is 15.6.